The Morgan fingerprint density at radius 2 is 1.07 bits per heavy atom. The van der Waals surface area contributed by atoms with Gasteiger partial charge in [-0.25, -0.2) is 0 Å². The molecule has 0 saturated carbocycles. The van der Waals surface area contributed by atoms with Crippen molar-refractivity contribution in [1.82, 2.24) is 9.80 Å². The zero-order valence-corrected chi connectivity index (χ0v) is 19.4. The Hall–Kier alpha value is -1.50. The van der Waals surface area contributed by atoms with Gasteiger partial charge in [0.15, 0.2) is 0 Å². The van der Waals surface area contributed by atoms with Crippen LogP contribution in [0.15, 0.2) is 9.81 Å². The summed E-state index contributed by atoms with van der Waals surface area (Å²) in [5, 5.41) is 17.3. The molecule has 0 bridgehead atoms. The Morgan fingerprint density at radius 1 is 0.700 bits per heavy atom. The molecular weight excluding hydrogens is 468 g/mol. The van der Waals surface area contributed by atoms with E-state index in [0.717, 1.165) is 23.5 Å². The number of aliphatic carboxylic acids is 2. The molecule has 2 aliphatic rings. The van der Waals surface area contributed by atoms with Crippen LogP contribution in [0.3, 0.4) is 0 Å². The van der Waals surface area contributed by atoms with E-state index in [0.29, 0.717) is 60.3 Å². The summed E-state index contributed by atoms with van der Waals surface area (Å²) >= 11 is 12.8. The minimum absolute atomic E-state index is 0.0944. The first-order chi connectivity index (χ1) is 14.2. The number of thioether (sulfide) groups is 2. The molecule has 30 heavy (non-hydrogen) atoms. The molecule has 2 fully saturated rings. The molecule has 0 aromatic carbocycles. The Labute approximate surface area is 193 Å². The van der Waals surface area contributed by atoms with E-state index in [1.165, 1.54) is 9.80 Å². The molecule has 0 spiro atoms. The van der Waals surface area contributed by atoms with E-state index in [4.69, 9.17) is 34.6 Å². The third-order valence-electron chi connectivity index (χ3n) is 4.45. The van der Waals surface area contributed by atoms with Gasteiger partial charge in [0.25, 0.3) is 11.8 Å². The van der Waals surface area contributed by atoms with Crippen LogP contribution in [0, 0.1) is 0 Å². The van der Waals surface area contributed by atoms with Crippen molar-refractivity contribution in [2.75, 3.05) is 13.1 Å². The standard InChI is InChI=1S/C18H22N2O6S4/c21-11(22)7-3-1-5-9-19-15(25)13(29-17(19)27)14-16(26)20(18(28)30-14)10-6-2-4-8-12(23)24/h1-10H2,(H,21,22)(H,23,24)/b14-13+. The van der Waals surface area contributed by atoms with Crippen LogP contribution in [-0.2, 0) is 19.2 Å². The van der Waals surface area contributed by atoms with Gasteiger partial charge in [0.2, 0.25) is 0 Å². The molecule has 2 heterocycles. The van der Waals surface area contributed by atoms with E-state index < -0.39 is 11.9 Å². The minimum atomic E-state index is -0.843. The minimum Gasteiger partial charge on any atom is -0.481 e. The van der Waals surface area contributed by atoms with Gasteiger partial charge in [-0.05, 0) is 25.7 Å². The van der Waals surface area contributed by atoms with Crippen LogP contribution in [0.4, 0.5) is 0 Å². The number of nitrogens with zero attached hydrogens (tertiary/aromatic N) is 2. The number of unbranched alkanes of at least 4 members (excludes halogenated alkanes) is 4. The lowest BCUT2D eigenvalue weighted by Gasteiger charge is -2.14. The quantitative estimate of drug-likeness (QED) is 0.240. The molecule has 2 N–H and O–H groups in total. The Kier molecular flexibility index (Phi) is 9.72. The average Bonchev–Trinajstić information content (AvgIpc) is 3.10. The number of rotatable bonds is 12. The van der Waals surface area contributed by atoms with Crippen molar-refractivity contribution in [1.29, 1.82) is 0 Å². The zero-order chi connectivity index (χ0) is 22.3. The van der Waals surface area contributed by atoms with Crippen LogP contribution in [0.25, 0.3) is 0 Å². The first kappa shape index (κ1) is 24.8. The number of carbonyl (C=O) groups is 4. The van der Waals surface area contributed by atoms with Crippen molar-refractivity contribution in [2.45, 2.75) is 51.4 Å². The maximum atomic E-state index is 12.8. The molecule has 0 radical (unpaired) electrons. The van der Waals surface area contributed by atoms with E-state index >= 15 is 0 Å². The fourth-order valence-corrected chi connectivity index (χ4v) is 5.67. The third-order valence-corrected chi connectivity index (χ3v) is 7.47. The maximum Gasteiger partial charge on any atom is 0.303 e. The van der Waals surface area contributed by atoms with Gasteiger partial charge in [-0.1, -0.05) is 60.8 Å². The fourth-order valence-electron chi connectivity index (χ4n) is 2.90. The number of carboxylic acids is 2. The van der Waals surface area contributed by atoms with E-state index in [9.17, 15) is 19.2 Å². The number of carbonyl (C=O) groups excluding carboxylic acids is 2. The Morgan fingerprint density at radius 3 is 1.40 bits per heavy atom. The topological polar surface area (TPSA) is 115 Å². The van der Waals surface area contributed by atoms with Gasteiger partial charge >= 0.3 is 11.9 Å². The highest BCUT2D eigenvalue weighted by Crippen LogP contribution is 2.42. The molecule has 8 nitrogen and oxygen atoms in total. The van der Waals surface area contributed by atoms with E-state index in [2.05, 4.69) is 0 Å². The highest BCUT2D eigenvalue weighted by atomic mass is 32.2. The van der Waals surface area contributed by atoms with Gasteiger partial charge in [-0.2, -0.15) is 0 Å². The molecule has 164 valence electrons. The second kappa shape index (κ2) is 11.8. The van der Waals surface area contributed by atoms with Crippen LogP contribution in [0.2, 0.25) is 0 Å². The average molecular weight is 491 g/mol. The lowest BCUT2D eigenvalue weighted by atomic mass is 10.2. The van der Waals surface area contributed by atoms with E-state index in [1.54, 1.807) is 0 Å². The van der Waals surface area contributed by atoms with Gasteiger partial charge in [0.1, 0.15) is 8.64 Å². The summed E-state index contributed by atoms with van der Waals surface area (Å²) in [4.78, 5) is 50.2. The predicted octanol–water partition coefficient (Wildman–Crippen LogP) is 3.21. The maximum absolute atomic E-state index is 12.8. The van der Waals surface area contributed by atoms with E-state index in [1.807, 2.05) is 0 Å². The van der Waals surface area contributed by atoms with Crippen molar-refractivity contribution in [3.05, 3.63) is 9.81 Å². The van der Waals surface area contributed by atoms with E-state index in [-0.39, 0.29) is 34.5 Å². The van der Waals surface area contributed by atoms with Crippen LogP contribution in [-0.4, -0.2) is 65.5 Å². The van der Waals surface area contributed by atoms with Crippen LogP contribution >= 0.6 is 48.0 Å². The van der Waals surface area contributed by atoms with Crippen molar-refractivity contribution >= 4 is 80.4 Å². The molecule has 2 aliphatic heterocycles. The summed E-state index contributed by atoms with van der Waals surface area (Å²) < 4.78 is 0.763. The van der Waals surface area contributed by atoms with Crippen molar-refractivity contribution in [3.8, 4) is 0 Å². The monoisotopic (exact) mass is 490 g/mol. The number of carboxylic acid groups (broad SMARTS) is 2. The molecule has 0 aromatic heterocycles. The molecule has 0 atom stereocenters. The number of hydrogen-bond donors (Lipinski definition) is 2. The molecule has 0 aliphatic carbocycles. The summed E-state index contributed by atoms with van der Waals surface area (Å²) in [6.45, 7) is 0.773. The first-order valence-electron chi connectivity index (χ1n) is 9.47. The largest absolute Gasteiger partial charge is 0.481 e. The zero-order valence-electron chi connectivity index (χ0n) is 16.1. The first-order valence-corrected chi connectivity index (χ1v) is 11.9. The molecule has 2 amide bonds. The Bertz CT molecular complexity index is 734. The van der Waals surface area contributed by atoms with Gasteiger partial charge in [-0.3, -0.25) is 29.0 Å². The normalized spacial score (nSPS) is 19.3. The molecule has 12 heteroatoms. The number of amides is 2. The third kappa shape index (κ3) is 6.76. The SMILES string of the molecule is O=C(O)CCCCCN1C(=O)/C(=C2\SC(=S)N(CCCCCC(=O)O)C2=O)SC1=S. The summed E-state index contributed by atoms with van der Waals surface area (Å²) in [7, 11) is 0. The van der Waals surface area contributed by atoms with Crippen molar-refractivity contribution in [2.24, 2.45) is 0 Å². The van der Waals surface area contributed by atoms with Crippen molar-refractivity contribution in [3.63, 3.8) is 0 Å². The van der Waals surface area contributed by atoms with Crippen LogP contribution in [0.5, 0.6) is 0 Å². The Balaban J connectivity index is 1.92. The van der Waals surface area contributed by atoms with Crippen molar-refractivity contribution < 1.29 is 29.4 Å². The smallest absolute Gasteiger partial charge is 0.303 e. The summed E-state index contributed by atoms with van der Waals surface area (Å²) in [5.41, 5.74) is 0. The number of thiocarbonyl (C=S) groups is 2. The van der Waals surface area contributed by atoms with Gasteiger partial charge in [0, 0.05) is 25.9 Å². The molecular formula is C18H22N2O6S4. The van der Waals surface area contributed by atoms with Gasteiger partial charge < -0.3 is 10.2 Å². The summed E-state index contributed by atoms with van der Waals surface area (Å²) in [6.07, 6.45) is 3.86. The highest BCUT2D eigenvalue weighted by molar-refractivity contribution is 8.29. The summed E-state index contributed by atoms with van der Waals surface area (Å²) in [6, 6.07) is 0. The molecule has 2 saturated heterocycles. The van der Waals surface area contributed by atoms with Gasteiger partial charge in [-0.15, -0.1) is 0 Å². The van der Waals surface area contributed by atoms with Gasteiger partial charge in [0.05, 0.1) is 9.81 Å². The second-order valence-electron chi connectivity index (χ2n) is 6.72. The van der Waals surface area contributed by atoms with Crippen LogP contribution < -0.4 is 0 Å². The lowest BCUT2D eigenvalue weighted by Crippen LogP contribution is -2.31. The second-order valence-corrected chi connectivity index (χ2v) is 10.0. The summed E-state index contributed by atoms with van der Waals surface area (Å²) in [5.74, 6) is -2.32. The highest BCUT2D eigenvalue weighted by Gasteiger charge is 2.41. The lowest BCUT2D eigenvalue weighted by molar-refractivity contribution is -0.138. The molecule has 0 aromatic rings. The predicted molar refractivity (Wildman–Crippen MR) is 123 cm³/mol. The fraction of sp³-hybridized carbons (Fsp3) is 0.556. The number of hydrogen-bond acceptors (Lipinski definition) is 8. The molecule has 0 unspecified atom stereocenters. The molecule has 2 rings (SSSR count). The van der Waals surface area contributed by atoms with Crippen LogP contribution in [0.1, 0.15) is 51.4 Å².